The van der Waals surface area contributed by atoms with E-state index < -0.39 is 8.32 Å². The smallest absolute Gasteiger partial charge is 0.258 e. The summed E-state index contributed by atoms with van der Waals surface area (Å²) in [7, 11) is -2.11. The number of hydrogen-bond acceptors (Lipinski definition) is 4. The number of phenolic OH excluding ortho intramolecular Hbond substituents is 2. The minimum absolute atomic E-state index is 0.106. The third-order valence-electron chi connectivity index (χ3n) is 7.53. The number of rotatable bonds is 8. The van der Waals surface area contributed by atoms with Crippen LogP contribution in [0.2, 0.25) is 16.6 Å². The van der Waals surface area contributed by atoms with Crippen molar-refractivity contribution in [1.82, 2.24) is 0 Å². The van der Waals surface area contributed by atoms with Crippen LogP contribution in [-0.2, 0) is 0 Å². The molecule has 192 valence electrons. The van der Waals surface area contributed by atoms with Gasteiger partial charge < -0.3 is 14.6 Å². The van der Waals surface area contributed by atoms with Crippen LogP contribution < -0.4 is 4.43 Å². The van der Waals surface area contributed by atoms with Gasteiger partial charge in [-0.25, -0.2) is 0 Å². The van der Waals surface area contributed by atoms with E-state index in [1.54, 1.807) is 42.5 Å². The van der Waals surface area contributed by atoms with Gasteiger partial charge in [0, 0.05) is 11.1 Å². The molecule has 0 aromatic heterocycles. The SMILES string of the molecule is CC(C)[Si](Oc1ccc(C(=O)c2c(-c3ccc(O)cc3)ccc3cc(O)ccc23)cc1)(C(C)C)C(C)C. The van der Waals surface area contributed by atoms with Gasteiger partial charge in [-0.15, -0.1) is 0 Å². The zero-order valence-corrected chi connectivity index (χ0v) is 23.4. The van der Waals surface area contributed by atoms with Crippen molar-refractivity contribution in [3.05, 3.63) is 90.0 Å². The molecule has 0 saturated heterocycles. The fourth-order valence-corrected chi connectivity index (χ4v) is 11.1. The summed E-state index contributed by atoms with van der Waals surface area (Å²) in [5.41, 5.74) is 4.09. The predicted octanol–water partition coefficient (Wildman–Crippen LogP) is 8.70. The number of hydrogen-bond donors (Lipinski definition) is 2. The second-order valence-corrected chi connectivity index (χ2v) is 16.1. The molecule has 4 nitrogen and oxygen atoms in total. The predicted molar refractivity (Wildman–Crippen MR) is 154 cm³/mol. The maximum absolute atomic E-state index is 14.0. The molecule has 37 heavy (non-hydrogen) atoms. The van der Waals surface area contributed by atoms with E-state index in [9.17, 15) is 15.0 Å². The molecule has 0 heterocycles. The van der Waals surface area contributed by atoms with Gasteiger partial charge >= 0.3 is 0 Å². The Balaban J connectivity index is 1.78. The Morgan fingerprint density at radius 1 is 0.703 bits per heavy atom. The van der Waals surface area contributed by atoms with Gasteiger partial charge in [-0.05, 0) is 93.1 Å². The van der Waals surface area contributed by atoms with E-state index in [1.807, 2.05) is 36.4 Å². The minimum Gasteiger partial charge on any atom is -0.543 e. The van der Waals surface area contributed by atoms with Crippen molar-refractivity contribution >= 4 is 24.9 Å². The molecule has 0 aliphatic heterocycles. The number of fused-ring (bicyclic) bond motifs is 1. The van der Waals surface area contributed by atoms with E-state index in [1.165, 1.54) is 0 Å². The molecule has 2 N–H and O–H groups in total. The monoisotopic (exact) mass is 512 g/mol. The number of phenols is 2. The van der Waals surface area contributed by atoms with Crippen molar-refractivity contribution in [2.45, 2.75) is 58.2 Å². The van der Waals surface area contributed by atoms with E-state index in [2.05, 4.69) is 41.5 Å². The molecule has 5 heteroatoms. The number of ketones is 1. The first kappa shape index (κ1) is 26.5. The van der Waals surface area contributed by atoms with Crippen molar-refractivity contribution in [3.8, 4) is 28.4 Å². The van der Waals surface area contributed by atoms with Crippen molar-refractivity contribution in [3.63, 3.8) is 0 Å². The quantitative estimate of drug-likeness (QED) is 0.183. The van der Waals surface area contributed by atoms with Crippen molar-refractivity contribution in [2.24, 2.45) is 0 Å². The summed E-state index contributed by atoms with van der Waals surface area (Å²) in [5.74, 6) is 1.02. The standard InChI is InChI=1S/C32H36O4Si/c1-20(2)37(21(3)4,22(5)6)36-28-15-9-24(10-16-28)32(35)31-29(23-7-12-26(33)13-8-23)17-11-25-19-27(34)14-18-30(25)31/h7-22,33-34H,1-6H3. The zero-order chi connectivity index (χ0) is 26.9. The van der Waals surface area contributed by atoms with E-state index in [0.29, 0.717) is 27.8 Å². The maximum Gasteiger partial charge on any atom is 0.258 e. The highest BCUT2D eigenvalue weighted by molar-refractivity contribution is 6.78. The van der Waals surface area contributed by atoms with E-state index >= 15 is 0 Å². The van der Waals surface area contributed by atoms with Crippen molar-refractivity contribution in [1.29, 1.82) is 0 Å². The third-order valence-corrected chi connectivity index (χ3v) is 13.5. The Labute approximate surface area is 220 Å². The molecule has 4 aromatic rings. The number of carbonyl (C=O) groups is 1. The van der Waals surface area contributed by atoms with Crippen LogP contribution in [0, 0.1) is 0 Å². The molecular formula is C32H36O4Si. The Bertz CT molecular complexity index is 1380. The second-order valence-electron chi connectivity index (χ2n) is 10.7. The molecule has 0 aliphatic rings. The molecule has 0 saturated carbocycles. The molecule has 4 aromatic carbocycles. The third kappa shape index (κ3) is 5.01. The Morgan fingerprint density at radius 3 is 1.84 bits per heavy atom. The highest BCUT2D eigenvalue weighted by Crippen LogP contribution is 2.43. The molecule has 4 rings (SSSR count). The first-order valence-corrected chi connectivity index (χ1v) is 15.1. The molecule has 0 fully saturated rings. The van der Waals surface area contributed by atoms with E-state index in [4.69, 9.17) is 4.43 Å². The first-order valence-electron chi connectivity index (χ1n) is 12.9. The second kappa shape index (κ2) is 10.4. The lowest BCUT2D eigenvalue weighted by Crippen LogP contribution is -2.50. The van der Waals surface area contributed by atoms with Crippen LogP contribution >= 0.6 is 0 Å². The van der Waals surface area contributed by atoms with Crippen molar-refractivity contribution in [2.75, 3.05) is 0 Å². The molecule has 0 spiro atoms. The molecule has 0 bridgehead atoms. The minimum atomic E-state index is -2.11. The summed E-state index contributed by atoms with van der Waals surface area (Å²) in [4.78, 5) is 14.0. The Hall–Kier alpha value is -3.57. The zero-order valence-electron chi connectivity index (χ0n) is 22.4. The molecule has 0 radical (unpaired) electrons. The van der Waals surface area contributed by atoms with E-state index in [0.717, 1.165) is 27.6 Å². The lowest BCUT2D eigenvalue weighted by molar-refractivity contribution is 0.104. The average Bonchev–Trinajstić information content (AvgIpc) is 2.86. The van der Waals surface area contributed by atoms with Crippen molar-refractivity contribution < 1.29 is 19.4 Å². The van der Waals surface area contributed by atoms with Gasteiger partial charge in [0.15, 0.2) is 5.78 Å². The average molecular weight is 513 g/mol. The van der Waals surface area contributed by atoms with Gasteiger partial charge in [-0.1, -0.05) is 65.8 Å². The largest absolute Gasteiger partial charge is 0.543 e. The number of benzene rings is 4. The Morgan fingerprint density at radius 2 is 1.27 bits per heavy atom. The van der Waals surface area contributed by atoms with E-state index in [-0.39, 0.29) is 17.3 Å². The lowest BCUT2D eigenvalue weighted by atomic mass is 9.89. The Kier molecular flexibility index (Phi) is 7.46. The molecule has 0 atom stereocenters. The van der Waals surface area contributed by atoms with Crippen LogP contribution in [0.3, 0.4) is 0 Å². The summed E-state index contributed by atoms with van der Waals surface area (Å²) < 4.78 is 6.79. The summed E-state index contributed by atoms with van der Waals surface area (Å²) >= 11 is 0. The maximum atomic E-state index is 14.0. The highest BCUT2D eigenvalue weighted by atomic mass is 28.4. The van der Waals surface area contributed by atoms with Gasteiger partial charge in [0.2, 0.25) is 0 Å². The molecular weight excluding hydrogens is 476 g/mol. The van der Waals surface area contributed by atoms with Crippen LogP contribution in [0.1, 0.15) is 57.5 Å². The summed E-state index contributed by atoms with van der Waals surface area (Å²) in [6.07, 6.45) is 0. The van der Waals surface area contributed by atoms with Crippen LogP contribution in [0.4, 0.5) is 0 Å². The van der Waals surface area contributed by atoms with Crippen LogP contribution in [0.25, 0.3) is 21.9 Å². The number of aromatic hydroxyl groups is 2. The summed E-state index contributed by atoms with van der Waals surface area (Å²) in [6.45, 7) is 13.5. The normalized spacial score (nSPS) is 12.0. The van der Waals surface area contributed by atoms with Crippen LogP contribution in [0.5, 0.6) is 17.2 Å². The summed E-state index contributed by atoms with van der Waals surface area (Å²) in [5, 5.41) is 21.3. The molecule has 0 amide bonds. The molecule has 0 aliphatic carbocycles. The topological polar surface area (TPSA) is 66.8 Å². The van der Waals surface area contributed by atoms with Gasteiger partial charge in [-0.2, -0.15) is 0 Å². The van der Waals surface area contributed by atoms with Crippen LogP contribution in [-0.4, -0.2) is 24.3 Å². The fraction of sp³-hybridized carbons (Fsp3) is 0.281. The summed E-state index contributed by atoms with van der Waals surface area (Å²) in [6, 6.07) is 23.2. The lowest BCUT2D eigenvalue weighted by Gasteiger charge is -2.42. The van der Waals surface area contributed by atoms with Gasteiger partial charge in [-0.3, -0.25) is 4.79 Å². The van der Waals surface area contributed by atoms with Gasteiger partial charge in [0.1, 0.15) is 17.2 Å². The fourth-order valence-electron chi connectivity index (χ4n) is 5.82. The highest BCUT2D eigenvalue weighted by Gasteiger charge is 2.47. The number of carbonyl (C=O) groups excluding carboxylic acids is 1. The van der Waals surface area contributed by atoms with Gasteiger partial charge in [0.05, 0.1) is 0 Å². The molecule has 0 unspecified atom stereocenters. The first-order chi connectivity index (χ1) is 17.5. The van der Waals surface area contributed by atoms with Crippen LogP contribution in [0.15, 0.2) is 78.9 Å². The van der Waals surface area contributed by atoms with Gasteiger partial charge in [0.25, 0.3) is 8.32 Å².